The van der Waals surface area contributed by atoms with Gasteiger partial charge in [0.1, 0.15) is 11.4 Å². The number of anilines is 1. The molecule has 1 aromatic carbocycles. The predicted molar refractivity (Wildman–Crippen MR) is 76.8 cm³/mol. The average molecular weight is 294 g/mol. The Morgan fingerprint density at radius 3 is 2.52 bits per heavy atom. The second-order valence-corrected chi connectivity index (χ2v) is 5.42. The van der Waals surface area contributed by atoms with Gasteiger partial charge >= 0.3 is 12.0 Å². The number of hydrogen-bond acceptors (Lipinski definition) is 2. The van der Waals surface area contributed by atoms with Crippen LogP contribution in [0.1, 0.15) is 32.1 Å². The number of nitrogens with one attached hydrogen (secondary N) is 1. The number of rotatable bonds is 3. The summed E-state index contributed by atoms with van der Waals surface area (Å²) in [6.07, 6.45) is 3.37. The number of nitrogens with zero attached hydrogens (tertiary/aromatic N) is 1. The minimum Gasteiger partial charge on any atom is -0.480 e. The Kier molecular flexibility index (Phi) is 4.45. The van der Waals surface area contributed by atoms with Crippen molar-refractivity contribution in [2.24, 2.45) is 0 Å². The van der Waals surface area contributed by atoms with Crippen molar-refractivity contribution >= 4 is 17.7 Å². The first-order valence-corrected chi connectivity index (χ1v) is 6.99. The first-order chi connectivity index (χ1) is 9.94. The van der Waals surface area contributed by atoms with Gasteiger partial charge in [0.25, 0.3) is 0 Å². The first-order valence-electron chi connectivity index (χ1n) is 6.99. The van der Waals surface area contributed by atoms with Crippen LogP contribution in [0.5, 0.6) is 0 Å². The van der Waals surface area contributed by atoms with E-state index in [1.54, 1.807) is 6.07 Å². The number of aliphatic carboxylic acids is 1. The predicted octanol–water partition coefficient (Wildman–Crippen LogP) is 2.76. The van der Waals surface area contributed by atoms with Crippen molar-refractivity contribution in [2.75, 3.05) is 11.9 Å². The number of hydrogen-bond donors (Lipinski definition) is 2. The van der Waals surface area contributed by atoms with Gasteiger partial charge in [-0.05, 0) is 31.0 Å². The van der Waals surface area contributed by atoms with Crippen molar-refractivity contribution in [1.82, 2.24) is 5.32 Å². The summed E-state index contributed by atoms with van der Waals surface area (Å²) < 4.78 is 13.2. The molecule has 0 atom stereocenters. The van der Waals surface area contributed by atoms with E-state index in [2.05, 4.69) is 5.32 Å². The van der Waals surface area contributed by atoms with Crippen LogP contribution in [0.3, 0.4) is 0 Å². The summed E-state index contributed by atoms with van der Waals surface area (Å²) in [5, 5.41) is 12.1. The van der Waals surface area contributed by atoms with E-state index < -0.39 is 23.4 Å². The lowest BCUT2D eigenvalue weighted by atomic mass is 9.82. The lowest BCUT2D eigenvalue weighted by Gasteiger charge is -2.35. The molecule has 0 heterocycles. The molecular formula is C15H19FN2O3. The van der Waals surface area contributed by atoms with Crippen LogP contribution in [-0.4, -0.2) is 29.7 Å². The zero-order valence-electron chi connectivity index (χ0n) is 11.9. The van der Waals surface area contributed by atoms with Gasteiger partial charge in [0.2, 0.25) is 0 Å². The second-order valence-electron chi connectivity index (χ2n) is 5.42. The summed E-state index contributed by atoms with van der Waals surface area (Å²) in [7, 11) is 1.49. The van der Waals surface area contributed by atoms with Crippen LogP contribution in [0, 0.1) is 5.82 Å². The van der Waals surface area contributed by atoms with Crippen LogP contribution in [0.4, 0.5) is 14.9 Å². The molecule has 1 saturated carbocycles. The molecule has 0 unspecified atom stereocenters. The number of benzene rings is 1. The van der Waals surface area contributed by atoms with E-state index in [0.717, 1.165) is 19.3 Å². The molecule has 2 N–H and O–H groups in total. The maximum atomic E-state index is 13.2. The van der Waals surface area contributed by atoms with Gasteiger partial charge in [0.05, 0.1) is 0 Å². The lowest BCUT2D eigenvalue weighted by molar-refractivity contribution is -0.145. The molecule has 0 bridgehead atoms. The molecule has 0 radical (unpaired) electrons. The third-order valence-electron chi connectivity index (χ3n) is 3.96. The smallest absolute Gasteiger partial charge is 0.329 e. The molecule has 0 spiro atoms. The standard InChI is InChI=1S/C15H19FN2O3/c1-18(12-7-5-6-11(16)10-12)14(21)17-15(13(19)20)8-3-2-4-9-15/h5-7,10H,2-4,8-9H2,1H3,(H,17,21)(H,19,20). The van der Waals surface area contributed by atoms with E-state index in [1.807, 2.05) is 0 Å². The Hall–Kier alpha value is -2.11. The maximum Gasteiger partial charge on any atom is 0.329 e. The SMILES string of the molecule is CN(C(=O)NC1(C(=O)O)CCCCC1)c1cccc(F)c1. The summed E-state index contributed by atoms with van der Waals surface area (Å²) >= 11 is 0. The van der Waals surface area contributed by atoms with Gasteiger partial charge < -0.3 is 10.4 Å². The van der Waals surface area contributed by atoms with Crippen molar-refractivity contribution < 1.29 is 19.1 Å². The van der Waals surface area contributed by atoms with E-state index in [0.29, 0.717) is 18.5 Å². The second kappa shape index (κ2) is 6.11. The summed E-state index contributed by atoms with van der Waals surface area (Å²) in [6.45, 7) is 0. The Bertz CT molecular complexity index is 541. The number of carboxylic acid groups (broad SMARTS) is 1. The monoisotopic (exact) mass is 294 g/mol. The van der Waals surface area contributed by atoms with Crippen molar-refractivity contribution in [3.8, 4) is 0 Å². The summed E-state index contributed by atoms with van der Waals surface area (Å²) in [5.41, 5.74) is -0.833. The molecule has 21 heavy (non-hydrogen) atoms. The number of amides is 2. The average Bonchev–Trinajstić information content (AvgIpc) is 2.47. The topological polar surface area (TPSA) is 69.6 Å². The lowest BCUT2D eigenvalue weighted by Crippen LogP contribution is -2.58. The van der Waals surface area contributed by atoms with Gasteiger partial charge in [-0.3, -0.25) is 4.90 Å². The fourth-order valence-electron chi connectivity index (χ4n) is 2.64. The molecule has 6 heteroatoms. The molecule has 114 valence electrons. The van der Waals surface area contributed by atoms with Crippen LogP contribution >= 0.6 is 0 Å². The van der Waals surface area contributed by atoms with Gasteiger partial charge in [-0.2, -0.15) is 0 Å². The molecule has 5 nitrogen and oxygen atoms in total. The third-order valence-corrected chi connectivity index (χ3v) is 3.96. The van der Waals surface area contributed by atoms with Crippen LogP contribution in [0.15, 0.2) is 24.3 Å². The summed E-state index contributed by atoms with van der Waals surface area (Å²) in [4.78, 5) is 25.0. The van der Waals surface area contributed by atoms with E-state index >= 15 is 0 Å². The first kappa shape index (κ1) is 15.3. The quantitative estimate of drug-likeness (QED) is 0.900. The molecule has 2 amide bonds. The Morgan fingerprint density at radius 1 is 1.29 bits per heavy atom. The molecule has 0 aromatic heterocycles. The fourth-order valence-corrected chi connectivity index (χ4v) is 2.64. The highest BCUT2D eigenvalue weighted by Crippen LogP contribution is 2.29. The third kappa shape index (κ3) is 3.32. The zero-order valence-corrected chi connectivity index (χ0v) is 11.9. The largest absolute Gasteiger partial charge is 0.480 e. The number of carbonyl (C=O) groups excluding carboxylic acids is 1. The molecule has 2 rings (SSSR count). The minimum absolute atomic E-state index is 0.379. The minimum atomic E-state index is -1.21. The highest BCUT2D eigenvalue weighted by atomic mass is 19.1. The molecule has 1 aromatic rings. The highest BCUT2D eigenvalue weighted by Gasteiger charge is 2.41. The van der Waals surface area contributed by atoms with Crippen molar-refractivity contribution in [1.29, 1.82) is 0 Å². The molecule has 1 fully saturated rings. The van der Waals surface area contributed by atoms with Crippen molar-refractivity contribution in [2.45, 2.75) is 37.6 Å². The summed E-state index contributed by atoms with van der Waals surface area (Å²) in [6, 6.07) is 5.08. The van der Waals surface area contributed by atoms with E-state index in [-0.39, 0.29) is 0 Å². The molecule has 1 aliphatic rings. The Balaban J connectivity index is 2.13. The van der Waals surface area contributed by atoms with Crippen LogP contribution in [0.25, 0.3) is 0 Å². The van der Waals surface area contributed by atoms with Crippen LogP contribution in [-0.2, 0) is 4.79 Å². The van der Waals surface area contributed by atoms with Gasteiger partial charge in [-0.25, -0.2) is 14.0 Å². The van der Waals surface area contributed by atoms with Gasteiger partial charge in [0, 0.05) is 12.7 Å². The van der Waals surface area contributed by atoms with Gasteiger partial charge in [-0.1, -0.05) is 25.3 Å². The zero-order chi connectivity index (χ0) is 15.5. The van der Waals surface area contributed by atoms with E-state index in [1.165, 1.54) is 30.1 Å². The Labute approximate surface area is 122 Å². The Morgan fingerprint density at radius 2 is 1.95 bits per heavy atom. The summed E-state index contributed by atoms with van der Waals surface area (Å²) in [5.74, 6) is -1.46. The van der Waals surface area contributed by atoms with Crippen LogP contribution < -0.4 is 10.2 Å². The number of carboxylic acids is 1. The van der Waals surface area contributed by atoms with E-state index in [9.17, 15) is 19.1 Å². The molecule has 1 aliphatic carbocycles. The van der Waals surface area contributed by atoms with E-state index in [4.69, 9.17) is 0 Å². The van der Waals surface area contributed by atoms with Crippen LogP contribution in [0.2, 0.25) is 0 Å². The number of carbonyl (C=O) groups is 2. The van der Waals surface area contributed by atoms with Gasteiger partial charge in [-0.15, -0.1) is 0 Å². The fraction of sp³-hybridized carbons (Fsp3) is 0.467. The molecular weight excluding hydrogens is 275 g/mol. The number of urea groups is 1. The van der Waals surface area contributed by atoms with Crippen molar-refractivity contribution in [3.05, 3.63) is 30.1 Å². The maximum absolute atomic E-state index is 13.2. The normalized spacial score (nSPS) is 17.0. The van der Waals surface area contributed by atoms with Crippen molar-refractivity contribution in [3.63, 3.8) is 0 Å². The van der Waals surface area contributed by atoms with Gasteiger partial charge in [0.15, 0.2) is 0 Å². The highest BCUT2D eigenvalue weighted by molar-refractivity contribution is 5.95. The number of halogens is 1. The molecule has 0 saturated heterocycles. The molecule has 0 aliphatic heterocycles.